The van der Waals surface area contributed by atoms with E-state index in [1.807, 2.05) is 24.3 Å². The number of para-hydroxylation sites is 1. The van der Waals surface area contributed by atoms with Crippen molar-refractivity contribution in [3.63, 3.8) is 0 Å². The Labute approximate surface area is 126 Å². The van der Waals surface area contributed by atoms with E-state index in [0.717, 1.165) is 5.56 Å². The Morgan fingerprint density at radius 1 is 1.38 bits per heavy atom. The molecule has 8 heteroatoms. The van der Waals surface area contributed by atoms with Crippen molar-refractivity contribution in [2.75, 3.05) is 12.4 Å². The summed E-state index contributed by atoms with van der Waals surface area (Å²) in [5.74, 6) is 0.771. The molecule has 0 atom stereocenters. The summed E-state index contributed by atoms with van der Waals surface area (Å²) in [7, 11) is 1.56. The number of halogens is 1. The van der Waals surface area contributed by atoms with Crippen LogP contribution in [0.1, 0.15) is 11.3 Å². The normalized spacial score (nSPS) is 10.2. The summed E-state index contributed by atoms with van der Waals surface area (Å²) in [6.07, 6.45) is 0. The summed E-state index contributed by atoms with van der Waals surface area (Å²) in [5, 5.41) is 14.0. The van der Waals surface area contributed by atoms with Crippen LogP contribution in [0.5, 0.6) is 5.75 Å². The van der Waals surface area contributed by atoms with Crippen LogP contribution in [0.3, 0.4) is 0 Å². The van der Waals surface area contributed by atoms with Gasteiger partial charge in [0.05, 0.1) is 12.0 Å². The van der Waals surface area contributed by atoms with E-state index < -0.39 is 4.92 Å². The van der Waals surface area contributed by atoms with Crippen molar-refractivity contribution in [3.05, 3.63) is 50.9 Å². The van der Waals surface area contributed by atoms with E-state index in [1.165, 1.54) is 6.92 Å². The molecule has 1 heterocycles. The highest BCUT2D eigenvalue weighted by atomic mass is 35.5. The number of aromatic nitrogens is 2. The van der Waals surface area contributed by atoms with Gasteiger partial charge in [-0.05, 0) is 24.6 Å². The molecule has 0 aliphatic carbocycles. The monoisotopic (exact) mass is 308 g/mol. The molecule has 0 aliphatic heterocycles. The van der Waals surface area contributed by atoms with Crippen LogP contribution in [-0.2, 0) is 6.54 Å². The SMILES string of the molecule is COc1ccccc1CNc1nc(Cl)nc(C)c1[N+](=O)[O-]. The summed E-state index contributed by atoms with van der Waals surface area (Å²) < 4.78 is 5.23. The largest absolute Gasteiger partial charge is 0.496 e. The van der Waals surface area contributed by atoms with Gasteiger partial charge in [-0.3, -0.25) is 10.1 Å². The van der Waals surface area contributed by atoms with Gasteiger partial charge in [-0.15, -0.1) is 0 Å². The van der Waals surface area contributed by atoms with Crippen LogP contribution in [0.4, 0.5) is 11.5 Å². The number of hydrogen-bond donors (Lipinski definition) is 1. The van der Waals surface area contributed by atoms with Gasteiger partial charge in [0, 0.05) is 12.1 Å². The molecule has 0 bridgehead atoms. The molecular weight excluding hydrogens is 296 g/mol. The topological polar surface area (TPSA) is 90.2 Å². The van der Waals surface area contributed by atoms with Crippen molar-refractivity contribution in [1.82, 2.24) is 9.97 Å². The maximum Gasteiger partial charge on any atom is 0.332 e. The quantitative estimate of drug-likeness (QED) is 0.519. The second kappa shape index (κ2) is 6.36. The van der Waals surface area contributed by atoms with Crippen LogP contribution >= 0.6 is 11.6 Å². The van der Waals surface area contributed by atoms with Crippen molar-refractivity contribution in [1.29, 1.82) is 0 Å². The number of aryl methyl sites for hydroxylation is 1. The molecule has 0 amide bonds. The molecule has 0 saturated heterocycles. The highest BCUT2D eigenvalue weighted by Crippen LogP contribution is 2.27. The minimum absolute atomic E-state index is 0.0411. The Hall–Kier alpha value is -2.41. The van der Waals surface area contributed by atoms with Crippen molar-refractivity contribution in [2.45, 2.75) is 13.5 Å². The van der Waals surface area contributed by atoms with E-state index in [2.05, 4.69) is 15.3 Å². The number of nitro groups is 1. The fraction of sp³-hybridized carbons (Fsp3) is 0.231. The molecule has 2 aromatic rings. The predicted octanol–water partition coefficient (Wildman–Crippen LogP) is 2.97. The van der Waals surface area contributed by atoms with Crippen molar-refractivity contribution < 1.29 is 9.66 Å². The zero-order valence-electron chi connectivity index (χ0n) is 11.5. The number of nitrogens with zero attached hydrogens (tertiary/aromatic N) is 3. The minimum Gasteiger partial charge on any atom is -0.496 e. The first-order chi connectivity index (χ1) is 10.0. The molecule has 0 saturated carbocycles. The first-order valence-electron chi connectivity index (χ1n) is 6.07. The molecule has 0 spiro atoms. The van der Waals surface area contributed by atoms with E-state index >= 15 is 0 Å². The Kier molecular flexibility index (Phi) is 4.54. The average Bonchev–Trinajstić information content (AvgIpc) is 2.44. The lowest BCUT2D eigenvalue weighted by Crippen LogP contribution is -2.08. The Morgan fingerprint density at radius 3 is 2.76 bits per heavy atom. The molecule has 0 radical (unpaired) electrons. The van der Waals surface area contributed by atoms with Gasteiger partial charge in [-0.25, -0.2) is 4.98 Å². The van der Waals surface area contributed by atoms with E-state index in [1.54, 1.807) is 7.11 Å². The number of nitrogens with one attached hydrogen (secondary N) is 1. The molecule has 1 aromatic carbocycles. The number of anilines is 1. The lowest BCUT2D eigenvalue weighted by molar-refractivity contribution is -0.385. The standard InChI is InChI=1S/C13H13ClN4O3/c1-8-11(18(19)20)12(17-13(14)16-8)15-7-9-5-3-4-6-10(9)21-2/h3-6H,7H2,1-2H3,(H,15,16,17). The zero-order chi connectivity index (χ0) is 15.4. The third kappa shape index (κ3) is 3.38. The number of benzene rings is 1. The second-order valence-corrected chi connectivity index (χ2v) is 4.54. The Balaban J connectivity index is 2.30. The summed E-state index contributed by atoms with van der Waals surface area (Å²) in [6, 6.07) is 7.36. The Bertz CT molecular complexity index is 678. The predicted molar refractivity (Wildman–Crippen MR) is 78.8 cm³/mol. The van der Waals surface area contributed by atoms with Gasteiger partial charge in [-0.1, -0.05) is 18.2 Å². The summed E-state index contributed by atoms with van der Waals surface area (Å²) in [6.45, 7) is 1.83. The van der Waals surface area contributed by atoms with Gasteiger partial charge in [0.1, 0.15) is 11.4 Å². The molecule has 1 N–H and O–H groups in total. The molecule has 1 aromatic heterocycles. The molecule has 110 valence electrons. The fourth-order valence-electron chi connectivity index (χ4n) is 1.90. The van der Waals surface area contributed by atoms with E-state index in [-0.39, 0.29) is 22.5 Å². The van der Waals surface area contributed by atoms with Crippen LogP contribution in [0.2, 0.25) is 5.28 Å². The highest BCUT2D eigenvalue weighted by Gasteiger charge is 2.21. The fourth-order valence-corrected chi connectivity index (χ4v) is 2.11. The van der Waals surface area contributed by atoms with Crippen LogP contribution < -0.4 is 10.1 Å². The summed E-state index contributed by atoms with van der Waals surface area (Å²) in [5.41, 5.74) is 0.874. The molecule has 7 nitrogen and oxygen atoms in total. The average molecular weight is 309 g/mol. The molecule has 21 heavy (non-hydrogen) atoms. The van der Waals surface area contributed by atoms with Crippen molar-refractivity contribution in [3.8, 4) is 5.75 Å². The third-order valence-electron chi connectivity index (χ3n) is 2.85. The smallest absolute Gasteiger partial charge is 0.332 e. The molecule has 0 unspecified atom stereocenters. The first kappa shape index (κ1) is 15.0. The number of methoxy groups -OCH3 is 1. The minimum atomic E-state index is -0.532. The van der Waals surface area contributed by atoms with Gasteiger partial charge < -0.3 is 10.1 Å². The summed E-state index contributed by atoms with van der Waals surface area (Å²) in [4.78, 5) is 18.3. The van der Waals surface area contributed by atoms with Crippen LogP contribution in [-0.4, -0.2) is 22.0 Å². The molecule has 2 rings (SSSR count). The van der Waals surface area contributed by atoms with E-state index in [4.69, 9.17) is 16.3 Å². The number of ether oxygens (including phenoxy) is 1. The van der Waals surface area contributed by atoms with E-state index in [0.29, 0.717) is 12.3 Å². The van der Waals surface area contributed by atoms with Gasteiger partial charge in [-0.2, -0.15) is 4.98 Å². The van der Waals surface area contributed by atoms with Crippen molar-refractivity contribution >= 4 is 23.1 Å². The van der Waals surface area contributed by atoms with E-state index in [9.17, 15) is 10.1 Å². The third-order valence-corrected chi connectivity index (χ3v) is 3.02. The molecular formula is C13H13ClN4O3. The van der Waals surface area contributed by atoms with Crippen molar-refractivity contribution in [2.24, 2.45) is 0 Å². The lowest BCUT2D eigenvalue weighted by atomic mass is 10.2. The maximum absolute atomic E-state index is 11.1. The van der Waals surface area contributed by atoms with Gasteiger partial charge in [0.2, 0.25) is 11.1 Å². The van der Waals surface area contributed by atoms with Gasteiger partial charge in [0.25, 0.3) is 0 Å². The van der Waals surface area contributed by atoms with Gasteiger partial charge in [0.15, 0.2) is 0 Å². The highest BCUT2D eigenvalue weighted by molar-refractivity contribution is 6.28. The lowest BCUT2D eigenvalue weighted by Gasteiger charge is -2.10. The Morgan fingerprint density at radius 2 is 2.10 bits per heavy atom. The molecule has 0 fully saturated rings. The van der Waals surface area contributed by atoms with Crippen LogP contribution in [0.15, 0.2) is 24.3 Å². The van der Waals surface area contributed by atoms with Gasteiger partial charge >= 0.3 is 5.69 Å². The number of hydrogen-bond acceptors (Lipinski definition) is 6. The maximum atomic E-state index is 11.1. The second-order valence-electron chi connectivity index (χ2n) is 4.20. The summed E-state index contributed by atoms with van der Waals surface area (Å²) >= 11 is 5.76. The zero-order valence-corrected chi connectivity index (χ0v) is 12.2. The van der Waals surface area contributed by atoms with Crippen LogP contribution in [0, 0.1) is 17.0 Å². The molecule has 0 aliphatic rings. The first-order valence-corrected chi connectivity index (χ1v) is 6.45. The van der Waals surface area contributed by atoms with Crippen LogP contribution in [0.25, 0.3) is 0 Å². The number of rotatable bonds is 5.